The molecule has 0 radical (unpaired) electrons. The van der Waals surface area contributed by atoms with Gasteiger partial charge in [-0.05, 0) is 18.8 Å². The summed E-state index contributed by atoms with van der Waals surface area (Å²) < 4.78 is 43.3. The molecule has 21 heavy (non-hydrogen) atoms. The normalized spacial score (nSPS) is 13.0. The van der Waals surface area contributed by atoms with Crippen LogP contribution in [-0.2, 0) is 16.5 Å². The molecule has 0 aliphatic heterocycles. The van der Waals surface area contributed by atoms with Crippen LogP contribution in [0.2, 0.25) is 0 Å². The van der Waals surface area contributed by atoms with Crippen LogP contribution in [0.5, 0.6) is 17.2 Å². The van der Waals surface area contributed by atoms with Crippen LogP contribution in [0.15, 0.2) is 4.90 Å². The Labute approximate surface area is 125 Å². The maximum absolute atomic E-state index is 11.7. The first-order valence-corrected chi connectivity index (χ1v) is 8.15. The number of benzene rings is 1. The molecular weight excluding hydrogens is 296 g/mol. The van der Waals surface area contributed by atoms with Gasteiger partial charge in [-0.15, -0.1) is 0 Å². The van der Waals surface area contributed by atoms with Gasteiger partial charge in [-0.25, -0.2) is 0 Å². The van der Waals surface area contributed by atoms with Gasteiger partial charge in [-0.1, -0.05) is 20.8 Å². The first kappa shape index (κ1) is 17.6. The van der Waals surface area contributed by atoms with Crippen LogP contribution in [0.25, 0.3) is 0 Å². The SMILES string of the molecule is CCc1c(O)c(C(C)CC)c(OC)c(S(=O)(=O)O)c1OC. The fourth-order valence-electron chi connectivity index (χ4n) is 2.38. The summed E-state index contributed by atoms with van der Waals surface area (Å²) in [5, 5.41) is 10.5. The summed E-state index contributed by atoms with van der Waals surface area (Å²) in [5.74, 6) is -0.343. The first-order chi connectivity index (χ1) is 9.74. The molecule has 1 unspecified atom stereocenters. The van der Waals surface area contributed by atoms with Gasteiger partial charge in [0.25, 0.3) is 0 Å². The molecule has 120 valence electrons. The van der Waals surface area contributed by atoms with Gasteiger partial charge in [-0.2, -0.15) is 8.42 Å². The summed E-state index contributed by atoms with van der Waals surface area (Å²) >= 11 is 0. The minimum absolute atomic E-state index is 0.0482. The molecular formula is C14H22O6S. The van der Waals surface area contributed by atoms with Crippen LogP contribution >= 0.6 is 0 Å². The van der Waals surface area contributed by atoms with Crippen LogP contribution in [0.4, 0.5) is 0 Å². The fraction of sp³-hybridized carbons (Fsp3) is 0.571. The highest BCUT2D eigenvalue weighted by Crippen LogP contribution is 2.49. The molecule has 1 aromatic rings. The Morgan fingerprint density at radius 2 is 1.67 bits per heavy atom. The zero-order valence-electron chi connectivity index (χ0n) is 12.9. The Hall–Kier alpha value is -1.47. The van der Waals surface area contributed by atoms with Gasteiger partial charge in [0.15, 0.2) is 16.4 Å². The summed E-state index contributed by atoms with van der Waals surface area (Å²) in [6.07, 6.45) is 1.02. The predicted octanol–water partition coefficient (Wildman–Crippen LogP) is 2.73. The van der Waals surface area contributed by atoms with E-state index in [-0.39, 0.29) is 23.2 Å². The van der Waals surface area contributed by atoms with Gasteiger partial charge in [0.05, 0.1) is 14.2 Å². The van der Waals surface area contributed by atoms with Crippen molar-refractivity contribution in [2.75, 3.05) is 14.2 Å². The predicted molar refractivity (Wildman–Crippen MR) is 79.1 cm³/mol. The van der Waals surface area contributed by atoms with Gasteiger partial charge in [0.1, 0.15) is 5.75 Å². The van der Waals surface area contributed by atoms with E-state index < -0.39 is 15.0 Å². The van der Waals surface area contributed by atoms with Gasteiger partial charge in [0, 0.05) is 11.1 Å². The number of ether oxygens (including phenoxy) is 2. The largest absolute Gasteiger partial charge is 0.507 e. The monoisotopic (exact) mass is 318 g/mol. The van der Waals surface area contributed by atoms with Crippen LogP contribution in [0.3, 0.4) is 0 Å². The Morgan fingerprint density at radius 3 is 2.00 bits per heavy atom. The molecule has 0 spiro atoms. The first-order valence-electron chi connectivity index (χ1n) is 6.71. The quantitative estimate of drug-likeness (QED) is 0.783. The number of rotatable bonds is 6. The topological polar surface area (TPSA) is 93.1 Å². The average molecular weight is 318 g/mol. The zero-order chi connectivity index (χ0) is 16.4. The molecule has 0 saturated heterocycles. The van der Waals surface area contributed by atoms with Gasteiger partial charge in [-0.3, -0.25) is 4.55 Å². The third-order valence-electron chi connectivity index (χ3n) is 3.60. The molecule has 0 aromatic heterocycles. The van der Waals surface area contributed by atoms with Crippen molar-refractivity contribution in [2.45, 2.75) is 44.4 Å². The van der Waals surface area contributed by atoms with E-state index in [4.69, 9.17) is 9.47 Å². The van der Waals surface area contributed by atoms with Crippen LogP contribution in [-0.4, -0.2) is 32.3 Å². The Bertz CT molecular complexity index is 621. The van der Waals surface area contributed by atoms with Crippen molar-refractivity contribution >= 4 is 10.1 Å². The molecule has 0 bridgehead atoms. The van der Waals surface area contributed by atoms with E-state index in [0.29, 0.717) is 24.0 Å². The summed E-state index contributed by atoms with van der Waals surface area (Å²) in [6, 6.07) is 0. The molecule has 0 aliphatic carbocycles. The number of phenolic OH excluding ortho intramolecular Hbond substituents is 1. The molecule has 0 aliphatic rings. The maximum atomic E-state index is 11.7. The number of hydrogen-bond acceptors (Lipinski definition) is 5. The lowest BCUT2D eigenvalue weighted by atomic mass is 9.93. The number of hydrogen-bond donors (Lipinski definition) is 2. The average Bonchev–Trinajstić information content (AvgIpc) is 2.43. The lowest BCUT2D eigenvalue weighted by Crippen LogP contribution is -2.11. The van der Waals surface area contributed by atoms with Crippen molar-refractivity contribution in [3.05, 3.63) is 11.1 Å². The van der Waals surface area contributed by atoms with Gasteiger partial charge in [0.2, 0.25) is 0 Å². The fourth-order valence-corrected chi connectivity index (χ4v) is 3.25. The smallest absolute Gasteiger partial charge is 0.301 e. The molecule has 1 rings (SSSR count). The van der Waals surface area contributed by atoms with E-state index in [9.17, 15) is 18.1 Å². The van der Waals surface area contributed by atoms with Crippen LogP contribution in [0, 0.1) is 0 Å². The molecule has 2 N–H and O–H groups in total. The summed E-state index contributed by atoms with van der Waals surface area (Å²) in [7, 11) is -1.99. The molecule has 0 saturated carbocycles. The minimum Gasteiger partial charge on any atom is -0.507 e. The van der Waals surface area contributed by atoms with Gasteiger partial charge >= 0.3 is 10.1 Å². The van der Waals surface area contributed by atoms with E-state index in [1.54, 1.807) is 6.92 Å². The molecule has 7 heteroatoms. The third-order valence-corrected chi connectivity index (χ3v) is 4.48. The highest BCUT2D eigenvalue weighted by Gasteiger charge is 2.32. The van der Waals surface area contributed by atoms with E-state index in [1.165, 1.54) is 14.2 Å². The number of methoxy groups -OCH3 is 2. The van der Waals surface area contributed by atoms with Crippen molar-refractivity contribution in [1.82, 2.24) is 0 Å². The van der Waals surface area contributed by atoms with Crippen LogP contribution < -0.4 is 9.47 Å². The van der Waals surface area contributed by atoms with Crippen molar-refractivity contribution in [2.24, 2.45) is 0 Å². The maximum Gasteiger partial charge on any atom is 0.301 e. The Morgan fingerprint density at radius 1 is 1.14 bits per heavy atom. The van der Waals surface area contributed by atoms with Crippen molar-refractivity contribution < 1.29 is 27.6 Å². The van der Waals surface area contributed by atoms with E-state index in [0.717, 1.165) is 0 Å². The molecule has 1 aromatic carbocycles. The third kappa shape index (κ3) is 3.08. The standard InChI is InChI=1S/C14H22O6S/c1-6-8(3)10-11(15)9(7-2)12(19-4)14(13(10)20-5)21(16,17)18/h8,15H,6-7H2,1-5H3,(H,16,17,18). The second-order valence-electron chi connectivity index (χ2n) is 4.77. The van der Waals surface area contributed by atoms with E-state index in [1.807, 2.05) is 13.8 Å². The second-order valence-corrected chi connectivity index (χ2v) is 6.13. The number of phenols is 1. The van der Waals surface area contributed by atoms with E-state index >= 15 is 0 Å². The van der Waals surface area contributed by atoms with Crippen molar-refractivity contribution in [1.29, 1.82) is 0 Å². The Balaban J connectivity index is 4.01. The lowest BCUT2D eigenvalue weighted by Gasteiger charge is -2.23. The van der Waals surface area contributed by atoms with E-state index in [2.05, 4.69) is 0 Å². The molecule has 0 fully saturated rings. The zero-order valence-corrected chi connectivity index (χ0v) is 13.7. The molecule has 1 atom stereocenters. The molecule has 0 heterocycles. The summed E-state index contributed by atoms with van der Waals surface area (Å²) in [6.45, 7) is 5.52. The highest BCUT2D eigenvalue weighted by molar-refractivity contribution is 7.86. The number of aromatic hydroxyl groups is 1. The van der Waals surface area contributed by atoms with Crippen molar-refractivity contribution in [3.8, 4) is 17.2 Å². The van der Waals surface area contributed by atoms with Crippen molar-refractivity contribution in [3.63, 3.8) is 0 Å². The minimum atomic E-state index is -4.56. The molecule has 6 nitrogen and oxygen atoms in total. The summed E-state index contributed by atoms with van der Waals surface area (Å²) in [5.41, 5.74) is 0.700. The summed E-state index contributed by atoms with van der Waals surface area (Å²) in [4.78, 5) is -0.433. The second kappa shape index (κ2) is 6.53. The molecule has 0 amide bonds. The van der Waals surface area contributed by atoms with Gasteiger partial charge < -0.3 is 14.6 Å². The lowest BCUT2D eigenvalue weighted by molar-refractivity contribution is 0.347. The Kier molecular flexibility index (Phi) is 5.47. The highest BCUT2D eigenvalue weighted by atomic mass is 32.2. The van der Waals surface area contributed by atoms with Crippen LogP contribution in [0.1, 0.15) is 44.2 Å².